The van der Waals surface area contributed by atoms with Gasteiger partial charge in [0, 0.05) is 18.0 Å². The number of nitrogens with two attached hydrogens (primary N) is 1. The molecular formula is C14H21ClN2O2S. The maximum absolute atomic E-state index is 11.9. The summed E-state index contributed by atoms with van der Waals surface area (Å²) in [4.78, 5) is 13.1. The zero-order valence-electron chi connectivity index (χ0n) is 11.5. The number of nitrogens with one attached hydrogen (secondary N) is 1. The van der Waals surface area contributed by atoms with Crippen LogP contribution in [0.25, 0.3) is 0 Å². The zero-order valence-corrected chi connectivity index (χ0v) is 13.1. The minimum atomic E-state index is -0.334. The smallest absolute Gasteiger partial charge is 0.249 e. The fourth-order valence-electron chi connectivity index (χ4n) is 2.12. The maximum Gasteiger partial charge on any atom is 0.249 e. The first-order chi connectivity index (χ1) is 9.22. The van der Waals surface area contributed by atoms with Crippen LogP contribution >= 0.6 is 24.2 Å². The summed E-state index contributed by atoms with van der Waals surface area (Å²) in [5.74, 6) is -0.0371. The highest BCUT2D eigenvalue weighted by molar-refractivity contribution is 7.98. The van der Waals surface area contributed by atoms with Crippen LogP contribution in [0.5, 0.6) is 0 Å². The number of carbonyl (C=O) groups is 1. The van der Waals surface area contributed by atoms with Crippen molar-refractivity contribution in [2.45, 2.75) is 36.5 Å². The van der Waals surface area contributed by atoms with Crippen molar-refractivity contribution in [1.29, 1.82) is 0 Å². The van der Waals surface area contributed by atoms with Crippen LogP contribution in [0, 0.1) is 0 Å². The van der Waals surface area contributed by atoms with Crippen LogP contribution in [0.2, 0.25) is 0 Å². The van der Waals surface area contributed by atoms with E-state index < -0.39 is 0 Å². The van der Waals surface area contributed by atoms with Crippen LogP contribution in [-0.2, 0) is 16.1 Å². The van der Waals surface area contributed by atoms with Crippen molar-refractivity contribution >= 4 is 30.1 Å². The molecular weight excluding hydrogens is 296 g/mol. The molecule has 0 unspecified atom stereocenters. The van der Waals surface area contributed by atoms with Crippen LogP contribution < -0.4 is 11.1 Å². The van der Waals surface area contributed by atoms with E-state index in [0.29, 0.717) is 13.1 Å². The molecule has 1 saturated heterocycles. The topological polar surface area (TPSA) is 64.4 Å². The minimum Gasteiger partial charge on any atom is -0.364 e. The highest BCUT2D eigenvalue weighted by Crippen LogP contribution is 2.19. The summed E-state index contributed by atoms with van der Waals surface area (Å²) in [6.45, 7) is 1.03. The van der Waals surface area contributed by atoms with Crippen molar-refractivity contribution in [3.05, 3.63) is 29.8 Å². The summed E-state index contributed by atoms with van der Waals surface area (Å²) in [7, 11) is 0. The molecule has 0 saturated carbocycles. The average molecular weight is 317 g/mol. The summed E-state index contributed by atoms with van der Waals surface area (Å²) >= 11 is 1.71. The van der Waals surface area contributed by atoms with Gasteiger partial charge in [-0.3, -0.25) is 4.79 Å². The molecule has 0 aliphatic carbocycles. The third kappa shape index (κ3) is 4.66. The first-order valence-corrected chi connectivity index (χ1v) is 7.71. The molecule has 0 spiro atoms. The average Bonchev–Trinajstić information content (AvgIpc) is 2.94. The second-order valence-corrected chi connectivity index (χ2v) is 5.51. The standard InChI is InChI=1S/C14H20N2O2S.ClH/c1-19-12-5-2-10(3-6-12)9-16-14(17)13-7-4-11(8-15)18-13;/h2-3,5-6,11,13H,4,7-9,15H2,1H3,(H,16,17);1H/t11-,13+;/m1./s1. The molecule has 0 aromatic heterocycles. The third-order valence-electron chi connectivity index (χ3n) is 3.29. The van der Waals surface area contributed by atoms with Gasteiger partial charge < -0.3 is 15.8 Å². The van der Waals surface area contributed by atoms with E-state index in [1.165, 1.54) is 4.90 Å². The molecule has 20 heavy (non-hydrogen) atoms. The zero-order chi connectivity index (χ0) is 13.7. The van der Waals surface area contributed by atoms with Crippen LogP contribution in [0.1, 0.15) is 18.4 Å². The Morgan fingerprint density at radius 2 is 2.10 bits per heavy atom. The molecule has 112 valence electrons. The second kappa shape index (κ2) is 8.52. The number of carbonyl (C=O) groups excluding carboxylic acids is 1. The van der Waals surface area contributed by atoms with Crippen LogP contribution in [0.15, 0.2) is 29.2 Å². The van der Waals surface area contributed by atoms with Gasteiger partial charge in [-0.25, -0.2) is 0 Å². The molecule has 2 rings (SSSR count). The molecule has 3 N–H and O–H groups in total. The summed E-state index contributed by atoms with van der Waals surface area (Å²) in [5.41, 5.74) is 6.63. The van der Waals surface area contributed by atoms with Gasteiger partial charge in [0.1, 0.15) is 6.10 Å². The Balaban J connectivity index is 0.00000200. The summed E-state index contributed by atoms with van der Waals surface area (Å²) in [6.07, 6.45) is 3.38. The molecule has 6 heteroatoms. The van der Waals surface area contributed by atoms with Gasteiger partial charge in [0.05, 0.1) is 6.10 Å². The van der Waals surface area contributed by atoms with E-state index in [4.69, 9.17) is 10.5 Å². The minimum absolute atomic E-state index is 0. The fraction of sp³-hybridized carbons (Fsp3) is 0.500. The molecule has 1 aromatic rings. The van der Waals surface area contributed by atoms with Crippen LogP contribution in [-0.4, -0.2) is 30.9 Å². The molecule has 0 bridgehead atoms. The number of rotatable bonds is 5. The predicted octanol–water partition coefficient (Wildman–Crippen LogP) is 1.95. The van der Waals surface area contributed by atoms with E-state index in [0.717, 1.165) is 18.4 Å². The van der Waals surface area contributed by atoms with Crippen LogP contribution in [0.4, 0.5) is 0 Å². The van der Waals surface area contributed by atoms with Crippen molar-refractivity contribution < 1.29 is 9.53 Å². The Morgan fingerprint density at radius 3 is 2.65 bits per heavy atom. The fourth-order valence-corrected chi connectivity index (χ4v) is 2.53. The second-order valence-electron chi connectivity index (χ2n) is 4.63. The van der Waals surface area contributed by atoms with Gasteiger partial charge in [-0.2, -0.15) is 0 Å². The first kappa shape index (κ1) is 17.3. The number of thioether (sulfide) groups is 1. The van der Waals surface area contributed by atoms with Gasteiger partial charge in [0.15, 0.2) is 0 Å². The normalized spacial score (nSPS) is 21.3. The molecule has 0 radical (unpaired) electrons. The molecule has 1 aliphatic rings. The van der Waals surface area contributed by atoms with Gasteiger partial charge >= 0.3 is 0 Å². The van der Waals surface area contributed by atoms with Crippen LogP contribution in [0.3, 0.4) is 0 Å². The number of hydrogen-bond donors (Lipinski definition) is 2. The highest BCUT2D eigenvalue weighted by atomic mass is 35.5. The van der Waals surface area contributed by atoms with Crippen molar-refractivity contribution in [2.75, 3.05) is 12.8 Å². The number of benzene rings is 1. The van der Waals surface area contributed by atoms with Crippen molar-refractivity contribution in [3.63, 3.8) is 0 Å². The van der Waals surface area contributed by atoms with E-state index in [1.807, 2.05) is 18.4 Å². The molecule has 1 amide bonds. The number of amides is 1. The summed E-state index contributed by atoms with van der Waals surface area (Å²) in [6, 6.07) is 8.18. The summed E-state index contributed by atoms with van der Waals surface area (Å²) in [5, 5.41) is 2.91. The van der Waals surface area contributed by atoms with E-state index in [1.54, 1.807) is 11.8 Å². The Bertz CT molecular complexity index is 428. The Hall–Kier alpha value is -0.750. The number of hydrogen-bond acceptors (Lipinski definition) is 4. The third-order valence-corrected chi connectivity index (χ3v) is 4.03. The number of halogens is 1. The van der Waals surface area contributed by atoms with E-state index in [-0.39, 0.29) is 30.5 Å². The van der Waals surface area contributed by atoms with Crippen molar-refractivity contribution in [3.8, 4) is 0 Å². The molecule has 4 nitrogen and oxygen atoms in total. The largest absolute Gasteiger partial charge is 0.364 e. The Kier molecular flexibility index (Phi) is 7.37. The quantitative estimate of drug-likeness (QED) is 0.815. The monoisotopic (exact) mass is 316 g/mol. The van der Waals surface area contributed by atoms with Crippen molar-refractivity contribution in [1.82, 2.24) is 5.32 Å². The van der Waals surface area contributed by atoms with Gasteiger partial charge in [-0.05, 0) is 36.8 Å². The van der Waals surface area contributed by atoms with Gasteiger partial charge in [-0.15, -0.1) is 24.2 Å². The van der Waals surface area contributed by atoms with E-state index in [9.17, 15) is 4.79 Å². The lowest BCUT2D eigenvalue weighted by molar-refractivity contribution is -0.132. The molecule has 1 heterocycles. The predicted molar refractivity (Wildman–Crippen MR) is 84.3 cm³/mol. The lowest BCUT2D eigenvalue weighted by Crippen LogP contribution is -2.35. The summed E-state index contributed by atoms with van der Waals surface area (Å²) < 4.78 is 5.56. The maximum atomic E-state index is 11.9. The SMILES string of the molecule is CSc1ccc(CNC(=O)[C@@H]2CC[C@H](CN)O2)cc1.Cl. The Morgan fingerprint density at radius 1 is 1.40 bits per heavy atom. The lowest BCUT2D eigenvalue weighted by Gasteiger charge is -2.12. The molecule has 1 aromatic carbocycles. The van der Waals surface area contributed by atoms with Gasteiger partial charge in [0.25, 0.3) is 0 Å². The molecule has 1 fully saturated rings. The van der Waals surface area contributed by atoms with E-state index >= 15 is 0 Å². The highest BCUT2D eigenvalue weighted by Gasteiger charge is 2.29. The number of ether oxygens (including phenoxy) is 1. The van der Waals surface area contributed by atoms with E-state index in [2.05, 4.69) is 17.4 Å². The van der Waals surface area contributed by atoms with Crippen molar-refractivity contribution in [2.24, 2.45) is 5.73 Å². The lowest BCUT2D eigenvalue weighted by atomic mass is 10.2. The molecule has 2 atom stereocenters. The van der Waals surface area contributed by atoms with Gasteiger partial charge in [-0.1, -0.05) is 12.1 Å². The van der Waals surface area contributed by atoms with Gasteiger partial charge in [0.2, 0.25) is 5.91 Å². The molecule has 1 aliphatic heterocycles. The Labute approximate surface area is 130 Å². The first-order valence-electron chi connectivity index (χ1n) is 6.49.